The van der Waals surface area contributed by atoms with Gasteiger partial charge in [-0.2, -0.15) is 0 Å². The van der Waals surface area contributed by atoms with Crippen molar-refractivity contribution in [1.29, 1.82) is 0 Å². The number of hydrogen-bond acceptors (Lipinski definition) is 13. The van der Waals surface area contributed by atoms with E-state index < -0.39 is 86.8 Å². The molecular formula is C80H141NO13. The Labute approximate surface area is 573 Å². The summed E-state index contributed by atoms with van der Waals surface area (Å²) < 4.78 is 22.9. The SMILES string of the molecule is CC/C=C\C/C=C\C/C=C\C/C=C\C/C=C\C/C=C\C/C=C\CCCCCCCCCCCCCCCCCCCC(=O)NC(COC1OC(CO)C(OC2OC(CO)C(O)C(O)C2O)C(O)C1O)C(O)/C=C/CCCCCCCCCCCCCCCCCCCCC. The molecular weight excluding hydrogens is 1180 g/mol. The fourth-order valence-corrected chi connectivity index (χ4v) is 12.2. The lowest BCUT2D eigenvalue weighted by Crippen LogP contribution is -2.65. The third kappa shape index (κ3) is 46.2. The molecule has 2 heterocycles. The lowest BCUT2D eigenvalue weighted by Gasteiger charge is -2.46. The zero-order valence-corrected chi connectivity index (χ0v) is 59.4. The van der Waals surface area contributed by atoms with Gasteiger partial charge in [-0.15, -0.1) is 0 Å². The highest BCUT2D eigenvalue weighted by Crippen LogP contribution is 2.30. The van der Waals surface area contributed by atoms with Crippen LogP contribution in [0.5, 0.6) is 0 Å². The average Bonchev–Trinajstić information content (AvgIpc) is 0.794. The van der Waals surface area contributed by atoms with Gasteiger partial charge >= 0.3 is 0 Å². The fourth-order valence-electron chi connectivity index (χ4n) is 12.2. The van der Waals surface area contributed by atoms with E-state index in [0.717, 1.165) is 83.5 Å². The Morgan fingerprint density at radius 2 is 0.734 bits per heavy atom. The fraction of sp³-hybridized carbons (Fsp3) is 0.787. The highest BCUT2D eigenvalue weighted by atomic mass is 16.7. The molecule has 94 heavy (non-hydrogen) atoms. The first-order valence-electron chi connectivity index (χ1n) is 38.5. The molecule has 0 aromatic heterocycles. The second-order valence-electron chi connectivity index (χ2n) is 26.8. The molecule has 0 aromatic rings. The van der Waals surface area contributed by atoms with Gasteiger partial charge in [0.05, 0.1) is 32.0 Å². The number of aliphatic hydroxyl groups excluding tert-OH is 8. The largest absolute Gasteiger partial charge is 0.394 e. The second-order valence-corrected chi connectivity index (χ2v) is 26.8. The molecule has 9 N–H and O–H groups in total. The first kappa shape index (κ1) is 87.0. The summed E-state index contributed by atoms with van der Waals surface area (Å²) in [6.45, 7) is 2.72. The topological polar surface area (TPSA) is 228 Å². The number of allylic oxidation sites excluding steroid dienone is 15. The molecule has 0 aliphatic carbocycles. The molecule has 14 nitrogen and oxygen atoms in total. The van der Waals surface area contributed by atoms with Crippen LogP contribution in [0.25, 0.3) is 0 Å². The standard InChI is InChI=1S/C80H141NO13/c1-3-5-7-9-11-13-15-17-19-21-23-25-26-27-28-29-30-31-32-33-34-35-36-37-38-39-40-41-42-44-46-48-50-52-54-56-58-60-62-64-72(85)81-68(69(84)63-61-59-57-55-53-51-49-47-45-43-24-22-20-18-16-14-12-10-8-6-4-2)67-91-79-77(90)75(88)78(71(66-83)93-79)94-80-76(89)74(87)73(86)70(65-82)92-80/h5,7,11,13,17,19,23,25,27-28,30-31,33-34,61,63,68-71,73-80,82-84,86-90H,3-4,6,8-10,12,14-16,18,20-22,24,26,29,32,35-60,62,64-67H2,1-2H3,(H,81,85)/b7-5-,13-11-,19-17-,25-23-,28-27-,31-30-,34-33-,63-61+. The molecule has 12 atom stereocenters. The number of amides is 1. The molecule has 2 rings (SSSR count). The minimum absolute atomic E-state index is 0.237. The van der Waals surface area contributed by atoms with Gasteiger partial charge in [-0.1, -0.05) is 323 Å². The molecule has 0 saturated carbocycles. The van der Waals surface area contributed by atoms with E-state index in [9.17, 15) is 45.6 Å². The molecule has 544 valence electrons. The number of carbonyl (C=O) groups is 1. The van der Waals surface area contributed by atoms with Crippen molar-refractivity contribution in [2.24, 2.45) is 0 Å². The van der Waals surface area contributed by atoms with E-state index in [2.05, 4.69) is 104 Å². The van der Waals surface area contributed by atoms with E-state index in [1.807, 2.05) is 6.08 Å². The van der Waals surface area contributed by atoms with E-state index in [1.165, 1.54) is 199 Å². The van der Waals surface area contributed by atoms with Crippen molar-refractivity contribution < 1.29 is 64.6 Å². The molecule has 0 bridgehead atoms. The Bertz CT molecular complexity index is 1950. The zero-order valence-electron chi connectivity index (χ0n) is 59.4. The van der Waals surface area contributed by atoms with Gasteiger partial charge in [0.15, 0.2) is 12.6 Å². The van der Waals surface area contributed by atoms with Crippen molar-refractivity contribution in [3.8, 4) is 0 Å². The van der Waals surface area contributed by atoms with E-state index in [0.29, 0.717) is 6.42 Å². The summed E-state index contributed by atoms with van der Waals surface area (Å²) in [6, 6.07) is -0.919. The van der Waals surface area contributed by atoms with Crippen molar-refractivity contribution in [3.63, 3.8) is 0 Å². The third-order valence-electron chi connectivity index (χ3n) is 18.3. The van der Waals surface area contributed by atoms with Gasteiger partial charge < -0.3 is 65.1 Å². The summed E-state index contributed by atoms with van der Waals surface area (Å²) in [6.07, 6.45) is 73.3. The number of nitrogens with one attached hydrogen (secondary N) is 1. The van der Waals surface area contributed by atoms with Crippen LogP contribution in [-0.4, -0.2) is 140 Å². The van der Waals surface area contributed by atoms with E-state index in [-0.39, 0.29) is 18.9 Å². The molecule has 0 aromatic carbocycles. The predicted molar refractivity (Wildman–Crippen MR) is 387 cm³/mol. The molecule has 0 radical (unpaired) electrons. The molecule has 14 heteroatoms. The summed E-state index contributed by atoms with van der Waals surface area (Å²) in [5.41, 5.74) is 0. The van der Waals surface area contributed by atoms with Gasteiger partial charge in [0, 0.05) is 6.42 Å². The molecule has 2 aliphatic heterocycles. The lowest BCUT2D eigenvalue weighted by molar-refractivity contribution is -0.359. The minimum atomic E-state index is -1.79. The maximum Gasteiger partial charge on any atom is 0.220 e. The van der Waals surface area contributed by atoms with Crippen LogP contribution < -0.4 is 5.32 Å². The highest BCUT2D eigenvalue weighted by Gasteiger charge is 2.51. The lowest BCUT2D eigenvalue weighted by atomic mass is 9.97. The van der Waals surface area contributed by atoms with E-state index in [4.69, 9.17) is 18.9 Å². The summed E-state index contributed by atoms with van der Waals surface area (Å²) in [5.74, 6) is -0.237. The number of ether oxygens (including phenoxy) is 4. The van der Waals surface area contributed by atoms with Crippen LogP contribution in [0.4, 0.5) is 0 Å². The van der Waals surface area contributed by atoms with E-state index >= 15 is 0 Å². The minimum Gasteiger partial charge on any atom is -0.394 e. The van der Waals surface area contributed by atoms with Crippen LogP contribution in [0.15, 0.2) is 97.2 Å². The van der Waals surface area contributed by atoms with Crippen LogP contribution in [-0.2, 0) is 23.7 Å². The Balaban J connectivity index is 1.60. The number of carbonyl (C=O) groups excluding carboxylic acids is 1. The maximum atomic E-state index is 13.4. The number of aliphatic hydroxyl groups is 8. The highest BCUT2D eigenvalue weighted by molar-refractivity contribution is 5.76. The number of hydrogen-bond donors (Lipinski definition) is 9. The summed E-state index contributed by atoms with van der Waals surface area (Å²) >= 11 is 0. The van der Waals surface area contributed by atoms with Gasteiger partial charge in [-0.3, -0.25) is 4.79 Å². The summed E-state index contributed by atoms with van der Waals surface area (Å²) in [7, 11) is 0. The van der Waals surface area contributed by atoms with Crippen LogP contribution in [0.1, 0.15) is 309 Å². The molecule has 2 fully saturated rings. The van der Waals surface area contributed by atoms with Crippen LogP contribution >= 0.6 is 0 Å². The first-order valence-corrected chi connectivity index (χ1v) is 38.5. The third-order valence-corrected chi connectivity index (χ3v) is 18.3. The smallest absolute Gasteiger partial charge is 0.220 e. The van der Waals surface area contributed by atoms with Crippen LogP contribution in [0, 0.1) is 0 Å². The summed E-state index contributed by atoms with van der Waals surface area (Å²) in [4.78, 5) is 13.4. The van der Waals surface area contributed by atoms with Crippen LogP contribution in [0.3, 0.4) is 0 Å². The molecule has 0 spiro atoms. The molecule has 2 aliphatic rings. The van der Waals surface area contributed by atoms with Gasteiger partial charge in [0.1, 0.15) is 48.8 Å². The Kier molecular flexibility index (Phi) is 58.6. The Morgan fingerprint density at radius 3 is 1.13 bits per heavy atom. The van der Waals surface area contributed by atoms with Gasteiger partial charge in [0.25, 0.3) is 0 Å². The van der Waals surface area contributed by atoms with Gasteiger partial charge in [-0.25, -0.2) is 0 Å². The number of unbranched alkanes of at least 4 members (excludes halogenated alkanes) is 36. The normalized spacial score (nSPS) is 23.0. The number of rotatable bonds is 63. The Morgan fingerprint density at radius 1 is 0.394 bits per heavy atom. The van der Waals surface area contributed by atoms with Crippen molar-refractivity contribution in [2.75, 3.05) is 19.8 Å². The molecule has 2 saturated heterocycles. The second kappa shape index (κ2) is 63.4. The maximum absolute atomic E-state index is 13.4. The van der Waals surface area contributed by atoms with Gasteiger partial charge in [-0.05, 0) is 77.0 Å². The predicted octanol–water partition coefficient (Wildman–Crippen LogP) is 16.9. The monoisotopic (exact) mass is 1320 g/mol. The Hall–Kier alpha value is -3.09. The molecule has 12 unspecified atom stereocenters. The van der Waals surface area contributed by atoms with Crippen LogP contribution in [0.2, 0.25) is 0 Å². The van der Waals surface area contributed by atoms with E-state index in [1.54, 1.807) is 6.08 Å². The van der Waals surface area contributed by atoms with Crippen molar-refractivity contribution in [1.82, 2.24) is 5.32 Å². The molecule has 1 amide bonds. The first-order chi connectivity index (χ1) is 46.1. The zero-order chi connectivity index (χ0) is 68.0. The average molecular weight is 1330 g/mol. The van der Waals surface area contributed by atoms with Crippen molar-refractivity contribution in [3.05, 3.63) is 97.2 Å². The van der Waals surface area contributed by atoms with Crippen molar-refractivity contribution in [2.45, 2.75) is 383 Å². The van der Waals surface area contributed by atoms with Crippen molar-refractivity contribution >= 4 is 5.91 Å². The van der Waals surface area contributed by atoms with Gasteiger partial charge in [0.2, 0.25) is 5.91 Å². The summed E-state index contributed by atoms with van der Waals surface area (Å²) in [5, 5.41) is 87.6. The quantitative estimate of drug-likeness (QED) is 0.0204.